The highest BCUT2D eigenvalue weighted by Gasteiger charge is 2.35. The standard InChI is InChI=1S/C55H38N2/c1-55(2)49-25-11-10-24-45(49)46-28-27-41(33-50(46)55)52-34-51(56-54(57-52)36-15-4-3-5-16-36)40-20-12-18-37(30-40)38-19-13-21-42(31-38)53-44-23-9-7-17-39(44)32-48-43-22-8-6-14-35(43)26-29-47(48)53/h3-34H,1-2H3. The van der Waals surface area contributed by atoms with Gasteiger partial charge in [0.25, 0.3) is 0 Å². The first-order valence-corrected chi connectivity index (χ1v) is 19.7. The molecule has 0 amide bonds. The quantitative estimate of drug-likeness (QED) is 0.130. The average Bonchev–Trinajstić information content (AvgIpc) is 3.51. The van der Waals surface area contributed by atoms with Gasteiger partial charge < -0.3 is 0 Å². The van der Waals surface area contributed by atoms with Gasteiger partial charge in [-0.15, -0.1) is 0 Å². The predicted octanol–water partition coefficient (Wildman–Crippen LogP) is 14.6. The van der Waals surface area contributed by atoms with E-state index in [4.69, 9.17) is 9.97 Å². The molecule has 10 aromatic rings. The fraction of sp³-hybridized carbons (Fsp3) is 0.0545. The van der Waals surface area contributed by atoms with Crippen molar-refractivity contribution < 1.29 is 0 Å². The number of hydrogen-bond acceptors (Lipinski definition) is 2. The Bertz CT molecular complexity index is 3210. The van der Waals surface area contributed by atoms with E-state index in [0.29, 0.717) is 5.82 Å². The lowest BCUT2D eigenvalue weighted by atomic mass is 9.82. The number of rotatable bonds is 5. The normalized spacial score (nSPS) is 12.9. The summed E-state index contributed by atoms with van der Waals surface area (Å²) in [5, 5.41) is 7.57. The van der Waals surface area contributed by atoms with E-state index in [1.54, 1.807) is 0 Å². The maximum absolute atomic E-state index is 5.21. The van der Waals surface area contributed by atoms with Gasteiger partial charge in [0.2, 0.25) is 0 Å². The minimum Gasteiger partial charge on any atom is -0.228 e. The van der Waals surface area contributed by atoms with Gasteiger partial charge in [0.1, 0.15) is 0 Å². The van der Waals surface area contributed by atoms with E-state index in [0.717, 1.165) is 39.2 Å². The summed E-state index contributed by atoms with van der Waals surface area (Å²) in [4.78, 5) is 10.4. The van der Waals surface area contributed by atoms with Crippen molar-refractivity contribution in [2.24, 2.45) is 0 Å². The van der Waals surface area contributed by atoms with Gasteiger partial charge in [0, 0.05) is 22.1 Å². The minimum absolute atomic E-state index is 0.102. The van der Waals surface area contributed by atoms with E-state index in [2.05, 4.69) is 202 Å². The van der Waals surface area contributed by atoms with Gasteiger partial charge in [-0.1, -0.05) is 178 Å². The maximum atomic E-state index is 5.21. The Morgan fingerprint density at radius 2 is 0.930 bits per heavy atom. The topological polar surface area (TPSA) is 25.8 Å². The van der Waals surface area contributed by atoms with Crippen LogP contribution in [0.25, 0.3) is 99.6 Å². The van der Waals surface area contributed by atoms with E-state index in [9.17, 15) is 0 Å². The van der Waals surface area contributed by atoms with Crippen molar-refractivity contribution in [1.29, 1.82) is 0 Å². The van der Waals surface area contributed by atoms with Gasteiger partial charge in [-0.05, 0) is 107 Å². The Morgan fingerprint density at radius 1 is 0.333 bits per heavy atom. The molecule has 0 bridgehead atoms. The molecule has 0 atom stereocenters. The van der Waals surface area contributed by atoms with Crippen LogP contribution < -0.4 is 0 Å². The molecule has 0 saturated carbocycles. The fourth-order valence-electron chi connectivity index (χ4n) is 9.17. The summed E-state index contributed by atoms with van der Waals surface area (Å²) in [5.41, 5.74) is 14.9. The molecule has 0 N–H and O–H groups in total. The lowest BCUT2D eigenvalue weighted by molar-refractivity contribution is 0.660. The van der Waals surface area contributed by atoms with Gasteiger partial charge in [0.15, 0.2) is 5.82 Å². The molecule has 0 unspecified atom stereocenters. The van der Waals surface area contributed by atoms with Crippen molar-refractivity contribution in [2.45, 2.75) is 19.3 Å². The highest BCUT2D eigenvalue weighted by Crippen LogP contribution is 2.49. The molecule has 1 aliphatic rings. The second kappa shape index (κ2) is 13.0. The summed E-state index contributed by atoms with van der Waals surface area (Å²) >= 11 is 0. The minimum atomic E-state index is -0.102. The third-order valence-electron chi connectivity index (χ3n) is 12.1. The number of benzene rings is 9. The largest absolute Gasteiger partial charge is 0.228 e. The molecule has 2 nitrogen and oxygen atoms in total. The smallest absolute Gasteiger partial charge is 0.160 e. The number of hydrogen-bond donors (Lipinski definition) is 0. The SMILES string of the molecule is CC1(C)c2ccccc2-c2ccc(-c3cc(-c4cccc(-c5cccc(-c6c7ccccc7cc7c6ccc6ccccc67)c5)c4)nc(-c4ccccc4)n3)cc21. The van der Waals surface area contributed by atoms with E-state index in [1.165, 1.54) is 65.7 Å². The number of aromatic nitrogens is 2. The van der Waals surface area contributed by atoms with Crippen molar-refractivity contribution in [3.8, 4) is 67.3 Å². The molecular formula is C55H38N2. The molecule has 0 radical (unpaired) electrons. The zero-order valence-corrected chi connectivity index (χ0v) is 31.9. The monoisotopic (exact) mass is 726 g/mol. The van der Waals surface area contributed by atoms with Gasteiger partial charge in [-0.3, -0.25) is 0 Å². The summed E-state index contributed by atoms with van der Waals surface area (Å²) < 4.78 is 0. The molecule has 57 heavy (non-hydrogen) atoms. The van der Waals surface area contributed by atoms with Crippen LogP contribution in [0.5, 0.6) is 0 Å². The third kappa shape index (κ3) is 5.48. The Labute approximate surface area is 332 Å². The molecule has 0 saturated heterocycles. The van der Waals surface area contributed by atoms with Crippen LogP contribution in [-0.4, -0.2) is 9.97 Å². The molecule has 0 fully saturated rings. The predicted molar refractivity (Wildman–Crippen MR) is 239 cm³/mol. The van der Waals surface area contributed by atoms with Crippen LogP contribution in [0.3, 0.4) is 0 Å². The highest BCUT2D eigenvalue weighted by molar-refractivity contribution is 6.20. The highest BCUT2D eigenvalue weighted by atomic mass is 14.9. The van der Waals surface area contributed by atoms with E-state index >= 15 is 0 Å². The van der Waals surface area contributed by atoms with E-state index in [-0.39, 0.29) is 5.41 Å². The zero-order chi connectivity index (χ0) is 38.1. The third-order valence-corrected chi connectivity index (χ3v) is 12.1. The van der Waals surface area contributed by atoms with E-state index < -0.39 is 0 Å². The first kappa shape index (κ1) is 33.2. The molecule has 11 rings (SSSR count). The lowest BCUT2D eigenvalue weighted by Crippen LogP contribution is -2.14. The van der Waals surface area contributed by atoms with E-state index in [1.807, 2.05) is 6.07 Å². The van der Waals surface area contributed by atoms with Crippen LogP contribution in [0.15, 0.2) is 194 Å². The summed E-state index contributed by atoms with van der Waals surface area (Å²) in [6, 6.07) is 70.3. The summed E-state index contributed by atoms with van der Waals surface area (Å²) in [6.45, 7) is 4.65. The molecular weight excluding hydrogens is 689 g/mol. The van der Waals surface area contributed by atoms with Crippen LogP contribution in [0.1, 0.15) is 25.0 Å². The van der Waals surface area contributed by atoms with Crippen LogP contribution >= 0.6 is 0 Å². The number of fused-ring (bicyclic) bond motifs is 7. The van der Waals surface area contributed by atoms with Crippen molar-refractivity contribution in [3.63, 3.8) is 0 Å². The molecule has 0 spiro atoms. The second-order valence-corrected chi connectivity index (χ2v) is 15.8. The van der Waals surface area contributed by atoms with Crippen molar-refractivity contribution in [1.82, 2.24) is 9.97 Å². The van der Waals surface area contributed by atoms with Crippen LogP contribution in [0, 0.1) is 0 Å². The first-order chi connectivity index (χ1) is 28.0. The van der Waals surface area contributed by atoms with Gasteiger partial charge in [-0.25, -0.2) is 9.97 Å². The number of nitrogens with zero attached hydrogens (tertiary/aromatic N) is 2. The Kier molecular flexibility index (Phi) is 7.55. The summed E-state index contributed by atoms with van der Waals surface area (Å²) in [6.07, 6.45) is 0. The Balaban J connectivity index is 1.04. The van der Waals surface area contributed by atoms with Gasteiger partial charge in [0.05, 0.1) is 11.4 Å². The maximum Gasteiger partial charge on any atom is 0.160 e. The summed E-state index contributed by atoms with van der Waals surface area (Å²) in [5.74, 6) is 0.717. The van der Waals surface area contributed by atoms with Crippen molar-refractivity contribution in [2.75, 3.05) is 0 Å². The molecule has 0 aliphatic heterocycles. The fourth-order valence-corrected chi connectivity index (χ4v) is 9.17. The van der Waals surface area contributed by atoms with Crippen molar-refractivity contribution in [3.05, 3.63) is 205 Å². The zero-order valence-electron chi connectivity index (χ0n) is 31.9. The Hall–Kier alpha value is -7.16. The average molecular weight is 727 g/mol. The lowest BCUT2D eigenvalue weighted by Gasteiger charge is -2.22. The van der Waals surface area contributed by atoms with Crippen LogP contribution in [0.2, 0.25) is 0 Å². The summed E-state index contributed by atoms with van der Waals surface area (Å²) in [7, 11) is 0. The van der Waals surface area contributed by atoms with Crippen LogP contribution in [0.4, 0.5) is 0 Å². The molecule has 1 heterocycles. The molecule has 268 valence electrons. The van der Waals surface area contributed by atoms with Gasteiger partial charge in [-0.2, -0.15) is 0 Å². The molecule has 1 aromatic heterocycles. The Morgan fingerprint density at radius 3 is 1.74 bits per heavy atom. The molecule has 1 aliphatic carbocycles. The van der Waals surface area contributed by atoms with Gasteiger partial charge >= 0.3 is 0 Å². The first-order valence-electron chi connectivity index (χ1n) is 19.7. The van der Waals surface area contributed by atoms with Crippen molar-refractivity contribution >= 4 is 32.3 Å². The van der Waals surface area contributed by atoms with Crippen LogP contribution in [-0.2, 0) is 5.41 Å². The second-order valence-electron chi connectivity index (χ2n) is 15.8. The molecule has 9 aromatic carbocycles. The molecule has 2 heteroatoms.